The lowest BCUT2D eigenvalue weighted by Gasteiger charge is -2.23. The Morgan fingerprint density at radius 3 is 2.14 bits per heavy atom. The molecule has 0 saturated heterocycles. The fourth-order valence-electron chi connectivity index (χ4n) is 4.35. The van der Waals surface area contributed by atoms with Gasteiger partial charge in [-0.1, -0.05) is 63.2 Å². The topological polar surface area (TPSA) is 91.2 Å². The molecule has 0 fully saturated rings. The summed E-state index contributed by atoms with van der Waals surface area (Å²) >= 11 is 0. The standard InChI is InChI=1S/C28H31N3O3.BrH/c1-28(2,3)22-16-21(15-20(13-14-32)26(22)34)25(33)18-31-24-12-8-7-11-23(24)30(27(31)29)17-19-9-5-4-6-10-19;/h4-12,15-16,29,32,34H,13-14,17-18H2,1-3H3;1H. The van der Waals surface area contributed by atoms with E-state index in [9.17, 15) is 15.0 Å². The molecule has 6 nitrogen and oxygen atoms in total. The van der Waals surface area contributed by atoms with Gasteiger partial charge in [-0.05, 0) is 47.2 Å². The van der Waals surface area contributed by atoms with Crippen molar-refractivity contribution in [2.45, 2.75) is 45.7 Å². The minimum atomic E-state index is -0.371. The predicted molar refractivity (Wildman–Crippen MR) is 144 cm³/mol. The van der Waals surface area contributed by atoms with E-state index < -0.39 is 0 Å². The Hall–Kier alpha value is -3.16. The molecule has 1 aromatic heterocycles. The molecule has 0 aliphatic carbocycles. The van der Waals surface area contributed by atoms with Gasteiger partial charge in [-0.2, -0.15) is 0 Å². The Morgan fingerprint density at radius 1 is 0.943 bits per heavy atom. The van der Waals surface area contributed by atoms with E-state index >= 15 is 0 Å². The highest BCUT2D eigenvalue weighted by atomic mass is 79.9. The molecule has 0 amide bonds. The third-order valence-electron chi connectivity index (χ3n) is 6.16. The summed E-state index contributed by atoms with van der Waals surface area (Å²) in [6, 6.07) is 21.1. The molecule has 0 aliphatic rings. The largest absolute Gasteiger partial charge is 0.507 e. The van der Waals surface area contributed by atoms with Crippen molar-refractivity contribution in [3.8, 4) is 5.75 Å². The van der Waals surface area contributed by atoms with Crippen LogP contribution in [-0.4, -0.2) is 31.7 Å². The number of phenolic OH excluding ortho intramolecular Hbond substituents is 1. The van der Waals surface area contributed by atoms with Crippen molar-refractivity contribution in [2.24, 2.45) is 0 Å². The average Bonchev–Trinajstić information content (AvgIpc) is 3.06. The number of hydrogen-bond donors (Lipinski definition) is 3. The van der Waals surface area contributed by atoms with Crippen molar-refractivity contribution in [3.05, 3.63) is 94.6 Å². The van der Waals surface area contributed by atoms with Crippen molar-refractivity contribution < 1.29 is 15.0 Å². The molecule has 0 aliphatic heterocycles. The second-order valence-electron chi connectivity index (χ2n) is 9.65. The minimum Gasteiger partial charge on any atom is -0.507 e. The Bertz CT molecular complexity index is 1400. The average molecular weight is 538 g/mol. The van der Waals surface area contributed by atoms with Crippen LogP contribution in [0.1, 0.15) is 47.8 Å². The number of phenols is 1. The molecule has 4 aromatic rings. The first-order valence-corrected chi connectivity index (χ1v) is 11.5. The number of hydrogen-bond acceptors (Lipinski definition) is 4. The van der Waals surface area contributed by atoms with Crippen LogP contribution in [0.2, 0.25) is 0 Å². The minimum absolute atomic E-state index is 0. The van der Waals surface area contributed by atoms with Crippen LogP contribution in [0, 0.1) is 5.41 Å². The third-order valence-corrected chi connectivity index (χ3v) is 6.16. The fourth-order valence-corrected chi connectivity index (χ4v) is 4.35. The molecule has 184 valence electrons. The molecular weight excluding hydrogens is 506 g/mol. The highest BCUT2D eigenvalue weighted by Crippen LogP contribution is 2.35. The lowest BCUT2D eigenvalue weighted by atomic mass is 9.83. The van der Waals surface area contributed by atoms with Gasteiger partial charge in [0.1, 0.15) is 5.75 Å². The summed E-state index contributed by atoms with van der Waals surface area (Å²) < 4.78 is 3.64. The number of rotatable bonds is 7. The van der Waals surface area contributed by atoms with Crippen molar-refractivity contribution in [1.29, 1.82) is 5.41 Å². The molecule has 0 spiro atoms. The second kappa shape index (κ2) is 10.6. The number of aliphatic hydroxyl groups excluding tert-OH is 1. The number of nitrogens with one attached hydrogen (secondary N) is 1. The molecule has 0 unspecified atom stereocenters. The van der Waals surface area contributed by atoms with Crippen LogP contribution in [0.25, 0.3) is 11.0 Å². The van der Waals surface area contributed by atoms with Gasteiger partial charge in [0.2, 0.25) is 5.62 Å². The lowest BCUT2D eigenvalue weighted by Crippen LogP contribution is -2.28. The number of ketones is 1. The predicted octanol–water partition coefficient (Wildman–Crippen LogP) is 4.97. The van der Waals surface area contributed by atoms with E-state index in [-0.39, 0.29) is 59.1 Å². The molecule has 4 rings (SSSR count). The Morgan fingerprint density at radius 2 is 1.54 bits per heavy atom. The number of carbonyl (C=O) groups is 1. The number of aliphatic hydroxyl groups is 1. The van der Waals surface area contributed by atoms with Crippen LogP contribution >= 0.6 is 17.0 Å². The van der Waals surface area contributed by atoms with Crippen LogP contribution in [-0.2, 0) is 24.9 Å². The van der Waals surface area contributed by atoms with Gasteiger partial charge in [-0.25, -0.2) is 0 Å². The van der Waals surface area contributed by atoms with E-state index in [2.05, 4.69) is 0 Å². The first-order chi connectivity index (χ1) is 16.2. The highest BCUT2D eigenvalue weighted by molar-refractivity contribution is 8.93. The second-order valence-corrected chi connectivity index (χ2v) is 9.65. The van der Waals surface area contributed by atoms with Crippen LogP contribution in [0.3, 0.4) is 0 Å². The van der Waals surface area contributed by atoms with Crippen molar-refractivity contribution >= 4 is 33.8 Å². The number of fused-ring (bicyclic) bond motifs is 1. The monoisotopic (exact) mass is 537 g/mol. The maximum Gasteiger partial charge on any atom is 0.203 e. The molecule has 0 saturated carbocycles. The Kier molecular flexibility index (Phi) is 8.03. The summed E-state index contributed by atoms with van der Waals surface area (Å²) in [7, 11) is 0. The van der Waals surface area contributed by atoms with Crippen LogP contribution in [0.4, 0.5) is 0 Å². The van der Waals surface area contributed by atoms with Crippen molar-refractivity contribution in [1.82, 2.24) is 9.13 Å². The number of para-hydroxylation sites is 2. The normalized spacial score (nSPS) is 11.4. The van der Waals surface area contributed by atoms with Crippen LogP contribution in [0.15, 0.2) is 66.7 Å². The zero-order valence-corrected chi connectivity index (χ0v) is 22.0. The van der Waals surface area contributed by atoms with Gasteiger partial charge in [0.15, 0.2) is 5.78 Å². The number of carbonyl (C=O) groups excluding carboxylic acids is 1. The summed E-state index contributed by atoms with van der Waals surface area (Å²) in [6.07, 6.45) is 0.267. The van der Waals surface area contributed by atoms with E-state index in [0.717, 1.165) is 16.6 Å². The number of nitrogens with zero attached hydrogens (tertiary/aromatic N) is 2. The van der Waals surface area contributed by atoms with Crippen LogP contribution < -0.4 is 5.62 Å². The van der Waals surface area contributed by atoms with Gasteiger partial charge in [-0.15, -0.1) is 17.0 Å². The summed E-state index contributed by atoms with van der Waals surface area (Å²) in [6.45, 7) is 6.36. The first-order valence-electron chi connectivity index (χ1n) is 11.5. The van der Waals surface area contributed by atoms with E-state index in [1.165, 1.54) is 0 Å². The van der Waals surface area contributed by atoms with Crippen molar-refractivity contribution in [3.63, 3.8) is 0 Å². The number of benzene rings is 3. The first kappa shape index (κ1) is 26.4. The number of imidazole rings is 1. The number of Topliss-reactive ketones (excluding diaryl/α,β-unsaturated/α-hetero) is 1. The summed E-state index contributed by atoms with van der Waals surface area (Å²) in [5, 5.41) is 29.0. The fraction of sp³-hybridized carbons (Fsp3) is 0.286. The van der Waals surface area contributed by atoms with Crippen LogP contribution in [0.5, 0.6) is 5.75 Å². The Labute approximate surface area is 215 Å². The highest BCUT2D eigenvalue weighted by Gasteiger charge is 2.23. The zero-order chi connectivity index (χ0) is 24.5. The molecule has 3 N–H and O–H groups in total. The molecule has 35 heavy (non-hydrogen) atoms. The summed E-state index contributed by atoms with van der Waals surface area (Å²) in [5.41, 5.74) is 4.38. The van der Waals surface area contributed by atoms with Gasteiger partial charge in [0, 0.05) is 17.7 Å². The number of aromatic hydroxyl groups is 1. The summed E-state index contributed by atoms with van der Waals surface area (Å²) in [5.74, 6) is -0.0165. The maximum absolute atomic E-state index is 13.5. The third kappa shape index (κ3) is 5.41. The molecule has 0 radical (unpaired) electrons. The van der Waals surface area contributed by atoms with Gasteiger partial charge >= 0.3 is 0 Å². The molecular formula is C28H32BrN3O3. The number of aromatic nitrogens is 2. The van der Waals surface area contributed by atoms with E-state index in [1.54, 1.807) is 16.7 Å². The number of halogens is 1. The van der Waals surface area contributed by atoms with Gasteiger partial charge < -0.3 is 19.3 Å². The molecule has 1 heterocycles. The van der Waals surface area contributed by atoms with Gasteiger partial charge in [-0.3, -0.25) is 10.2 Å². The zero-order valence-electron chi connectivity index (χ0n) is 20.3. The smallest absolute Gasteiger partial charge is 0.203 e. The molecule has 0 atom stereocenters. The Balaban J connectivity index is 0.00000342. The molecule has 7 heteroatoms. The summed E-state index contributed by atoms with van der Waals surface area (Å²) in [4.78, 5) is 13.5. The lowest BCUT2D eigenvalue weighted by molar-refractivity contribution is 0.0971. The maximum atomic E-state index is 13.5. The van der Waals surface area contributed by atoms with Crippen molar-refractivity contribution in [2.75, 3.05) is 6.61 Å². The molecule has 3 aromatic carbocycles. The van der Waals surface area contributed by atoms with E-state index in [4.69, 9.17) is 5.41 Å². The van der Waals surface area contributed by atoms with Gasteiger partial charge in [0.25, 0.3) is 0 Å². The van der Waals surface area contributed by atoms with E-state index in [0.29, 0.717) is 23.2 Å². The van der Waals surface area contributed by atoms with Gasteiger partial charge in [0.05, 0.1) is 24.1 Å². The SMILES string of the molecule is Br.CC(C)(C)c1cc(C(=O)Cn2c(=N)n(Cc3ccccc3)c3ccccc32)cc(CCO)c1O. The molecule has 0 bridgehead atoms. The quantitative estimate of drug-likeness (QED) is 0.290. The van der Waals surface area contributed by atoms with E-state index in [1.807, 2.05) is 79.9 Å².